The average molecular weight is 393 g/mol. The fourth-order valence-electron chi connectivity index (χ4n) is 3.31. The highest BCUT2D eigenvalue weighted by Crippen LogP contribution is 2.22. The molecule has 0 aliphatic carbocycles. The summed E-state index contributed by atoms with van der Waals surface area (Å²) in [5.74, 6) is 0.450. The summed E-state index contributed by atoms with van der Waals surface area (Å²) in [5.41, 5.74) is 6.25. The molecule has 2 aromatic rings. The number of fused-ring (bicyclic) bond motifs is 1. The van der Waals surface area contributed by atoms with Crippen molar-refractivity contribution in [3.63, 3.8) is 0 Å². The number of carbonyl (C=O) groups excluding carboxylic acids is 1. The number of nitrogens with zero attached hydrogens (tertiary/aromatic N) is 3. The zero-order valence-electron chi connectivity index (χ0n) is 13.6. The first kappa shape index (κ1) is 17.1. The molecule has 1 saturated heterocycles. The molecule has 1 amide bonds. The number of carbonyl (C=O) groups is 1. The lowest BCUT2D eigenvalue weighted by Gasteiger charge is -2.21. The van der Waals surface area contributed by atoms with Crippen molar-refractivity contribution in [1.29, 1.82) is 0 Å². The van der Waals surface area contributed by atoms with Gasteiger partial charge in [-0.05, 0) is 44.0 Å². The molecular weight excluding hydrogens is 372 g/mol. The first-order valence-electron chi connectivity index (χ1n) is 8.14. The molecule has 1 fully saturated rings. The predicted molar refractivity (Wildman–Crippen MR) is 96.7 cm³/mol. The molecule has 0 saturated carbocycles. The van der Waals surface area contributed by atoms with Crippen molar-refractivity contribution in [3.8, 4) is 0 Å². The number of benzene rings is 1. The lowest BCUT2D eigenvalue weighted by Crippen LogP contribution is -2.35. The Balaban J connectivity index is 1.73. The number of amides is 1. The standard InChI is InChI=1S/C17H21BrN4O2/c1-11-6-12(8-19)9-22(11)16(23)4-5-21-10-20-15-3-2-13(18)7-14(15)17(21)24/h2-3,7,10-12H,4-6,8-9,19H2,1H3. The first-order chi connectivity index (χ1) is 11.5. The predicted octanol–water partition coefficient (Wildman–Crippen LogP) is 1.74. The summed E-state index contributed by atoms with van der Waals surface area (Å²) in [6.45, 7) is 3.71. The van der Waals surface area contributed by atoms with Crippen molar-refractivity contribution in [1.82, 2.24) is 14.5 Å². The fraction of sp³-hybridized carbons (Fsp3) is 0.471. The number of aromatic nitrogens is 2. The Kier molecular flexibility index (Phi) is 5.01. The summed E-state index contributed by atoms with van der Waals surface area (Å²) in [4.78, 5) is 31.2. The van der Waals surface area contributed by atoms with Crippen LogP contribution in [0.1, 0.15) is 19.8 Å². The van der Waals surface area contributed by atoms with Crippen LogP contribution in [0.5, 0.6) is 0 Å². The number of halogens is 1. The van der Waals surface area contributed by atoms with Gasteiger partial charge in [-0.2, -0.15) is 0 Å². The highest BCUT2D eigenvalue weighted by molar-refractivity contribution is 9.10. The normalized spacial score (nSPS) is 20.7. The highest BCUT2D eigenvalue weighted by atomic mass is 79.9. The lowest BCUT2D eigenvalue weighted by molar-refractivity contribution is -0.132. The Morgan fingerprint density at radius 3 is 2.96 bits per heavy atom. The molecule has 1 aromatic heterocycles. The number of aryl methyl sites for hydroxylation is 1. The topological polar surface area (TPSA) is 81.2 Å². The van der Waals surface area contributed by atoms with Crippen molar-refractivity contribution in [2.45, 2.75) is 32.4 Å². The van der Waals surface area contributed by atoms with E-state index in [0.717, 1.165) is 10.9 Å². The van der Waals surface area contributed by atoms with Gasteiger partial charge >= 0.3 is 0 Å². The Hall–Kier alpha value is -1.73. The molecule has 24 heavy (non-hydrogen) atoms. The van der Waals surface area contributed by atoms with Gasteiger partial charge in [0.25, 0.3) is 5.56 Å². The monoisotopic (exact) mass is 392 g/mol. The van der Waals surface area contributed by atoms with Crippen LogP contribution < -0.4 is 11.3 Å². The molecule has 1 aliphatic rings. The molecule has 1 aromatic carbocycles. The van der Waals surface area contributed by atoms with Gasteiger partial charge in [0.1, 0.15) is 0 Å². The van der Waals surface area contributed by atoms with E-state index in [0.29, 0.717) is 42.9 Å². The molecule has 1 aliphatic heterocycles. The van der Waals surface area contributed by atoms with Crippen LogP contribution in [0.2, 0.25) is 0 Å². The van der Waals surface area contributed by atoms with Crippen molar-refractivity contribution >= 4 is 32.7 Å². The summed E-state index contributed by atoms with van der Waals surface area (Å²) in [6, 6.07) is 5.63. The molecule has 0 bridgehead atoms. The van der Waals surface area contributed by atoms with Gasteiger partial charge in [-0.1, -0.05) is 15.9 Å². The molecule has 3 rings (SSSR count). The van der Waals surface area contributed by atoms with E-state index in [1.54, 1.807) is 12.1 Å². The van der Waals surface area contributed by atoms with E-state index in [4.69, 9.17) is 5.73 Å². The van der Waals surface area contributed by atoms with Crippen LogP contribution in [0.15, 0.2) is 33.8 Å². The maximum Gasteiger partial charge on any atom is 0.261 e. The van der Waals surface area contributed by atoms with E-state index in [-0.39, 0.29) is 17.5 Å². The smallest absolute Gasteiger partial charge is 0.261 e. The van der Waals surface area contributed by atoms with Crippen LogP contribution in [0.3, 0.4) is 0 Å². The van der Waals surface area contributed by atoms with Gasteiger partial charge in [0.2, 0.25) is 5.91 Å². The maximum absolute atomic E-state index is 12.5. The SMILES string of the molecule is CC1CC(CN)CN1C(=O)CCn1cnc2ccc(Br)cc2c1=O. The van der Waals surface area contributed by atoms with Crippen LogP contribution in [0.4, 0.5) is 0 Å². The van der Waals surface area contributed by atoms with E-state index >= 15 is 0 Å². The molecule has 2 heterocycles. The minimum atomic E-state index is -0.122. The second kappa shape index (κ2) is 7.03. The quantitative estimate of drug-likeness (QED) is 0.858. The third-order valence-corrected chi connectivity index (χ3v) is 5.16. The molecular formula is C17H21BrN4O2. The average Bonchev–Trinajstić information content (AvgIpc) is 2.95. The Labute approximate surface area is 148 Å². The molecule has 6 nitrogen and oxygen atoms in total. The summed E-state index contributed by atoms with van der Waals surface area (Å²) >= 11 is 3.37. The second-order valence-electron chi connectivity index (χ2n) is 6.39. The van der Waals surface area contributed by atoms with Gasteiger partial charge in [-0.3, -0.25) is 14.2 Å². The Morgan fingerprint density at radius 1 is 1.46 bits per heavy atom. The molecule has 2 unspecified atom stereocenters. The molecule has 128 valence electrons. The molecule has 2 atom stereocenters. The van der Waals surface area contributed by atoms with Crippen LogP contribution in [-0.4, -0.2) is 39.5 Å². The third kappa shape index (κ3) is 3.37. The molecule has 2 N–H and O–H groups in total. The van der Waals surface area contributed by atoms with Gasteiger partial charge < -0.3 is 10.6 Å². The molecule has 0 radical (unpaired) electrons. The number of hydrogen-bond acceptors (Lipinski definition) is 4. The van der Waals surface area contributed by atoms with Crippen molar-refractivity contribution in [3.05, 3.63) is 39.4 Å². The number of hydrogen-bond donors (Lipinski definition) is 1. The van der Waals surface area contributed by atoms with Gasteiger partial charge in [0, 0.05) is 30.0 Å². The van der Waals surface area contributed by atoms with Crippen LogP contribution in [0, 0.1) is 5.92 Å². The lowest BCUT2D eigenvalue weighted by atomic mass is 10.1. The third-order valence-electron chi connectivity index (χ3n) is 4.67. The fourth-order valence-corrected chi connectivity index (χ4v) is 3.67. The zero-order valence-corrected chi connectivity index (χ0v) is 15.2. The van der Waals surface area contributed by atoms with E-state index in [2.05, 4.69) is 27.8 Å². The van der Waals surface area contributed by atoms with Gasteiger partial charge in [0.15, 0.2) is 0 Å². The van der Waals surface area contributed by atoms with E-state index in [1.807, 2.05) is 11.0 Å². The molecule has 7 heteroatoms. The Bertz CT molecular complexity index is 820. The van der Waals surface area contributed by atoms with Gasteiger partial charge in [-0.15, -0.1) is 0 Å². The highest BCUT2D eigenvalue weighted by Gasteiger charge is 2.31. The summed E-state index contributed by atoms with van der Waals surface area (Å²) in [7, 11) is 0. The van der Waals surface area contributed by atoms with Gasteiger partial charge in [0.05, 0.1) is 17.2 Å². The minimum absolute atomic E-state index is 0.0692. The zero-order chi connectivity index (χ0) is 17.3. The summed E-state index contributed by atoms with van der Waals surface area (Å²) in [5, 5.41) is 0.553. The van der Waals surface area contributed by atoms with Crippen molar-refractivity contribution < 1.29 is 4.79 Å². The Morgan fingerprint density at radius 2 is 2.25 bits per heavy atom. The van der Waals surface area contributed by atoms with E-state index < -0.39 is 0 Å². The first-order valence-corrected chi connectivity index (χ1v) is 8.93. The van der Waals surface area contributed by atoms with E-state index in [1.165, 1.54) is 10.9 Å². The van der Waals surface area contributed by atoms with Gasteiger partial charge in [-0.25, -0.2) is 4.98 Å². The number of rotatable bonds is 4. The largest absolute Gasteiger partial charge is 0.340 e. The van der Waals surface area contributed by atoms with E-state index in [9.17, 15) is 9.59 Å². The maximum atomic E-state index is 12.5. The van der Waals surface area contributed by atoms with Crippen molar-refractivity contribution in [2.75, 3.05) is 13.1 Å². The second-order valence-corrected chi connectivity index (χ2v) is 7.30. The molecule has 0 spiro atoms. The summed E-state index contributed by atoms with van der Waals surface area (Å²) < 4.78 is 2.34. The van der Waals surface area contributed by atoms with Crippen molar-refractivity contribution in [2.24, 2.45) is 11.7 Å². The summed E-state index contributed by atoms with van der Waals surface area (Å²) in [6.07, 6.45) is 2.76. The van der Waals surface area contributed by atoms with Crippen LogP contribution in [-0.2, 0) is 11.3 Å². The number of likely N-dealkylation sites (tertiary alicyclic amines) is 1. The van der Waals surface area contributed by atoms with Crippen LogP contribution >= 0.6 is 15.9 Å². The van der Waals surface area contributed by atoms with Crippen LogP contribution in [0.25, 0.3) is 10.9 Å². The number of nitrogens with two attached hydrogens (primary N) is 1. The minimum Gasteiger partial charge on any atom is -0.340 e.